The van der Waals surface area contributed by atoms with Gasteiger partial charge in [0.15, 0.2) is 0 Å². The zero-order valence-corrected chi connectivity index (χ0v) is 12.6. The lowest BCUT2D eigenvalue weighted by atomic mass is 10.0. The molecule has 0 aromatic rings. The van der Waals surface area contributed by atoms with Gasteiger partial charge in [-0.25, -0.2) is 0 Å². The summed E-state index contributed by atoms with van der Waals surface area (Å²) in [4.78, 5) is 37.9. The van der Waals surface area contributed by atoms with E-state index in [0.717, 1.165) is 32.1 Å². The zero-order valence-electron chi connectivity index (χ0n) is 12.6. The Hall–Kier alpha value is -1.59. The lowest BCUT2D eigenvalue weighted by molar-refractivity contribution is -0.153. The molecule has 2 amide bonds. The summed E-state index contributed by atoms with van der Waals surface area (Å²) in [5.41, 5.74) is 0. The van der Waals surface area contributed by atoms with Gasteiger partial charge < -0.3 is 15.0 Å². The fourth-order valence-corrected chi connectivity index (χ4v) is 3.02. The predicted octanol–water partition coefficient (Wildman–Crippen LogP) is 0.847. The van der Waals surface area contributed by atoms with E-state index in [1.54, 1.807) is 4.90 Å². The van der Waals surface area contributed by atoms with E-state index in [-0.39, 0.29) is 24.2 Å². The molecule has 1 atom stereocenters. The molecule has 2 fully saturated rings. The minimum atomic E-state index is -0.712. The van der Waals surface area contributed by atoms with E-state index in [0.29, 0.717) is 19.7 Å². The van der Waals surface area contributed by atoms with Crippen molar-refractivity contribution >= 4 is 17.8 Å². The van der Waals surface area contributed by atoms with Gasteiger partial charge >= 0.3 is 5.97 Å². The molecule has 0 radical (unpaired) electrons. The predicted molar refractivity (Wildman–Crippen MR) is 76.3 cm³/mol. The van der Waals surface area contributed by atoms with Gasteiger partial charge in [-0.3, -0.25) is 14.4 Å². The van der Waals surface area contributed by atoms with E-state index >= 15 is 0 Å². The average Bonchev–Trinajstić information content (AvgIpc) is 3.00. The number of esters is 1. The van der Waals surface area contributed by atoms with Gasteiger partial charge in [0.25, 0.3) is 0 Å². The maximum absolute atomic E-state index is 12.5. The van der Waals surface area contributed by atoms with Gasteiger partial charge in [0, 0.05) is 19.0 Å². The van der Waals surface area contributed by atoms with Crippen molar-refractivity contribution in [1.29, 1.82) is 0 Å². The summed E-state index contributed by atoms with van der Waals surface area (Å²) in [6.07, 6.45) is 4.62. The van der Waals surface area contributed by atoms with Crippen LogP contribution in [0.3, 0.4) is 0 Å². The van der Waals surface area contributed by atoms with Gasteiger partial charge in [-0.2, -0.15) is 0 Å². The minimum absolute atomic E-state index is 0.0186. The maximum Gasteiger partial charge on any atom is 0.308 e. The Labute approximate surface area is 125 Å². The molecule has 1 heterocycles. The Morgan fingerprint density at radius 3 is 2.71 bits per heavy atom. The molecule has 2 rings (SSSR count). The highest BCUT2D eigenvalue weighted by Gasteiger charge is 2.38. The van der Waals surface area contributed by atoms with Crippen molar-refractivity contribution in [3.05, 3.63) is 0 Å². The smallest absolute Gasteiger partial charge is 0.308 e. The Bertz CT molecular complexity index is 404. The zero-order chi connectivity index (χ0) is 15.2. The van der Waals surface area contributed by atoms with Gasteiger partial charge in [0.2, 0.25) is 11.8 Å². The van der Waals surface area contributed by atoms with E-state index < -0.39 is 12.0 Å². The van der Waals surface area contributed by atoms with E-state index in [1.165, 1.54) is 0 Å². The van der Waals surface area contributed by atoms with Gasteiger partial charge in [0.05, 0.1) is 13.0 Å². The number of ether oxygens (including phenoxy) is 1. The first-order valence-electron chi connectivity index (χ1n) is 7.87. The molecule has 6 nitrogen and oxygen atoms in total. The lowest BCUT2D eigenvalue weighted by Crippen LogP contribution is -2.58. The Kier molecular flexibility index (Phi) is 5.59. The van der Waals surface area contributed by atoms with E-state index in [2.05, 4.69) is 5.32 Å². The highest BCUT2D eigenvalue weighted by atomic mass is 16.5. The van der Waals surface area contributed by atoms with Crippen molar-refractivity contribution in [2.45, 2.75) is 51.5 Å². The number of amides is 2. The van der Waals surface area contributed by atoms with Crippen LogP contribution in [0, 0.1) is 5.92 Å². The molecule has 0 bridgehead atoms. The normalized spacial score (nSPS) is 23.0. The quantitative estimate of drug-likeness (QED) is 0.763. The average molecular weight is 296 g/mol. The molecule has 0 spiro atoms. The summed E-state index contributed by atoms with van der Waals surface area (Å²) in [5, 5.41) is 2.73. The van der Waals surface area contributed by atoms with Crippen LogP contribution < -0.4 is 5.32 Å². The SMILES string of the molecule is CCCOC(=O)CC1C(=O)NCCN1C(=O)C1CCCC1. The Balaban J connectivity index is 2.00. The second kappa shape index (κ2) is 7.43. The van der Waals surface area contributed by atoms with Gasteiger partial charge in [0.1, 0.15) is 6.04 Å². The molecule has 6 heteroatoms. The van der Waals surface area contributed by atoms with Crippen molar-refractivity contribution in [1.82, 2.24) is 10.2 Å². The topological polar surface area (TPSA) is 75.7 Å². The third kappa shape index (κ3) is 3.95. The molecule has 118 valence electrons. The number of rotatable bonds is 5. The molecule has 1 aliphatic heterocycles. The van der Waals surface area contributed by atoms with E-state index in [9.17, 15) is 14.4 Å². The number of nitrogens with zero attached hydrogens (tertiary/aromatic N) is 1. The van der Waals surface area contributed by atoms with Crippen molar-refractivity contribution < 1.29 is 19.1 Å². The summed E-state index contributed by atoms with van der Waals surface area (Å²) in [6, 6.07) is -0.712. The van der Waals surface area contributed by atoms with Gasteiger partial charge in [-0.1, -0.05) is 19.8 Å². The van der Waals surface area contributed by atoms with Crippen LogP contribution in [0.1, 0.15) is 45.4 Å². The summed E-state index contributed by atoms with van der Waals surface area (Å²) in [5.74, 6) is -0.620. The molecular weight excluding hydrogens is 272 g/mol. The molecule has 1 saturated carbocycles. The molecule has 2 aliphatic rings. The lowest BCUT2D eigenvalue weighted by Gasteiger charge is -2.36. The van der Waals surface area contributed by atoms with Crippen LogP contribution in [-0.2, 0) is 19.1 Å². The molecule has 0 aromatic carbocycles. The second-order valence-electron chi connectivity index (χ2n) is 5.74. The fraction of sp³-hybridized carbons (Fsp3) is 0.800. The van der Waals surface area contributed by atoms with Gasteiger partial charge in [-0.15, -0.1) is 0 Å². The fourth-order valence-electron chi connectivity index (χ4n) is 3.02. The minimum Gasteiger partial charge on any atom is -0.466 e. The number of piperazine rings is 1. The molecule has 1 aliphatic carbocycles. The molecule has 1 unspecified atom stereocenters. The highest BCUT2D eigenvalue weighted by molar-refractivity contribution is 5.92. The van der Waals surface area contributed by atoms with E-state index in [4.69, 9.17) is 4.74 Å². The van der Waals surface area contributed by atoms with Crippen molar-refractivity contribution in [2.75, 3.05) is 19.7 Å². The Morgan fingerprint density at radius 1 is 1.33 bits per heavy atom. The van der Waals surface area contributed by atoms with Crippen LogP contribution in [0.4, 0.5) is 0 Å². The third-order valence-electron chi connectivity index (χ3n) is 4.15. The highest BCUT2D eigenvalue weighted by Crippen LogP contribution is 2.28. The third-order valence-corrected chi connectivity index (χ3v) is 4.15. The molecule has 21 heavy (non-hydrogen) atoms. The van der Waals surface area contributed by atoms with Crippen LogP contribution in [0.15, 0.2) is 0 Å². The van der Waals surface area contributed by atoms with Crippen molar-refractivity contribution in [3.63, 3.8) is 0 Å². The second-order valence-corrected chi connectivity index (χ2v) is 5.74. The number of hydrogen-bond acceptors (Lipinski definition) is 4. The monoisotopic (exact) mass is 296 g/mol. The van der Waals surface area contributed by atoms with Crippen molar-refractivity contribution in [2.24, 2.45) is 5.92 Å². The van der Waals surface area contributed by atoms with Crippen LogP contribution >= 0.6 is 0 Å². The van der Waals surface area contributed by atoms with Crippen molar-refractivity contribution in [3.8, 4) is 0 Å². The summed E-state index contributed by atoms with van der Waals surface area (Å²) in [7, 11) is 0. The van der Waals surface area contributed by atoms with Crippen LogP contribution in [-0.4, -0.2) is 48.4 Å². The van der Waals surface area contributed by atoms with E-state index in [1.807, 2.05) is 6.92 Å². The van der Waals surface area contributed by atoms with Gasteiger partial charge in [-0.05, 0) is 19.3 Å². The summed E-state index contributed by atoms with van der Waals surface area (Å²) < 4.78 is 5.04. The van der Waals surface area contributed by atoms with Crippen LogP contribution in [0.5, 0.6) is 0 Å². The molecule has 1 saturated heterocycles. The standard InChI is InChI=1S/C15H24N2O4/c1-2-9-21-13(18)10-12-14(19)16-7-8-17(12)15(20)11-5-3-4-6-11/h11-12H,2-10H2,1H3,(H,16,19). The van der Waals surface area contributed by atoms with Crippen LogP contribution in [0.2, 0.25) is 0 Å². The first-order chi connectivity index (χ1) is 10.1. The molecular formula is C15H24N2O4. The number of nitrogens with one attached hydrogen (secondary N) is 1. The number of hydrogen-bond donors (Lipinski definition) is 1. The van der Waals surface area contributed by atoms with Crippen LogP contribution in [0.25, 0.3) is 0 Å². The Morgan fingerprint density at radius 2 is 2.05 bits per heavy atom. The number of carbonyl (C=O) groups is 3. The number of carbonyl (C=O) groups excluding carboxylic acids is 3. The first-order valence-corrected chi connectivity index (χ1v) is 7.87. The molecule has 0 aromatic heterocycles. The molecule has 1 N–H and O–H groups in total. The summed E-state index contributed by atoms with van der Waals surface area (Å²) in [6.45, 7) is 3.20. The largest absolute Gasteiger partial charge is 0.466 e. The first kappa shape index (κ1) is 15.8. The maximum atomic E-state index is 12.5. The summed E-state index contributed by atoms with van der Waals surface area (Å²) >= 11 is 0.